The highest BCUT2D eigenvalue weighted by atomic mass is 32.1. The smallest absolute Gasteiger partial charge is 0.328 e. The maximum atomic E-state index is 14.0. The molecule has 0 saturated heterocycles. The summed E-state index contributed by atoms with van der Waals surface area (Å²) in [5.41, 5.74) is 13.5. The number of phenols is 1. The predicted octanol–water partition coefficient (Wildman–Crippen LogP) is -0.551. The Hall–Kier alpha value is -4.64. The summed E-state index contributed by atoms with van der Waals surface area (Å²) >= 11 is 4.07. The quantitative estimate of drug-likeness (QED) is 0.0562. The zero-order valence-electron chi connectivity index (χ0n) is 27.1. The number of aliphatic hydroxyl groups excluding tert-OH is 1. The highest BCUT2D eigenvalue weighted by Gasteiger charge is 2.33. The van der Waals surface area contributed by atoms with Gasteiger partial charge in [-0.15, -0.1) is 0 Å². The van der Waals surface area contributed by atoms with Gasteiger partial charge in [0.05, 0.1) is 12.1 Å². The number of carboxylic acids is 1. The van der Waals surface area contributed by atoms with Crippen LogP contribution in [-0.2, 0) is 36.8 Å². The lowest BCUT2D eigenvalue weighted by molar-refractivity contribution is -0.145. The van der Waals surface area contributed by atoms with Crippen molar-refractivity contribution in [2.45, 2.75) is 75.3 Å². The van der Waals surface area contributed by atoms with Crippen LogP contribution in [0.5, 0.6) is 5.75 Å². The minimum Gasteiger partial charge on any atom is -0.508 e. The molecule has 4 amide bonds. The second-order valence-electron chi connectivity index (χ2n) is 11.8. The van der Waals surface area contributed by atoms with E-state index in [-0.39, 0.29) is 30.8 Å². The zero-order valence-corrected chi connectivity index (χ0v) is 28.0. The maximum Gasteiger partial charge on any atom is 0.328 e. The average Bonchev–Trinajstić information content (AvgIpc) is 3.48. The molecular formula is C33H45N7O8S. The number of hydrogen-bond donors (Lipinski definition) is 11. The van der Waals surface area contributed by atoms with Crippen LogP contribution in [0.15, 0.2) is 54.7 Å². The molecule has 266 valence electrons. The first-order chi connectivity index (χ1) is 23.3. The van der Waals surface area contributed by atoms with Crippen LogP contribution in [0.4, 0.5) is 0 Å². The van der Waals surface area contributed by atoms with Crippen molar-refractivity contribution < 1.29 is 39.3 Å². The summed E-state index contributed by atoms with van der Waals surface area (Å²) in [6.07, 6.45) is 1.25. The van der Waals surface area contributed by atoms with Crippen molar-refractivity contribution in [3.05, 3.63) is 65.9 Å². The number of carbonyl (C=O) groups excluding carboxylic acids is 4. The van der Waals surface area contributed by atoms with E-state index in [9.17, 15) is 39.3 Å². The SMILES string of the molecule is C[C@@H](O)[C@H](NC(=O)[C@H](CCCCN)NC(=O)[C@@H](Cc1c[nH]c2ccccc12)NC(=O)[C@H](Cc1ccc(O)cc1)NC(=O)[C@@H](N)CS)C(=O)O. The number of aliphatic carboxylic acids is 1. The Bertz CT molecular complexity index is 1580. The molecule has 0 aliphatic rings. The van der Waals surface area contributed by atoms with Crippen molar-refractivity contribution >= 4 is 53.1 Å². The second kappa shape index (κ2) is 18.8. The van der Waals surface area contributed by atoms with Gasteiger partial charge in [0, 0.05) is 35.7 Å². The van der Waals surface area contributed by atoms with E-state index in [0.29, 0.717) is 30.5 Å². The molecule has 12 N–H and O–H groups in total. The molecule has 49 heavy (non-hydrogen) atoms. The Morgan fingerprint density at radius 2 is 1.43 bits per heavy atom. The molecule has 0 fully saturated rings. The Labute approximate surface area is 289 Å². The number of aromatic amines is 1. The standard InChI is InChI=1S/C33H45N7O8S/c1-18(41)28(33(47)48)40-30(44)25(8-4-5-13-34)37-32(46)27(15-20-16-36-24-7-3-2-6-22(20)24)39-31(45)26(38-29(43)23(35)17-49)14-19-9-11-21(42)12-10-19/h2-3,6-7,9-12,16,18,23,25-28,36,41-42,49H,4-5,8,13-15,17,34-35H2,1H3,(H,37,46)(H,38,43)(H,39,45)(H,40,44)(H,47,48)/t18-,23+,25+,26+,27-,28+/m1/s1. The Kier molecular flexibility index (Phi) is 14.9. The first kappa shape index (κ1) is 38.8. The number of thiol groups is 1. The fourth-order valence-electron chi connectivity index (χ4n) is 5.12. The number of carboxylic acid groups (broad SMARTS) is 1. The van der Waals surface area contributed by atoms with E-state index >= 15 is 0 Å². The molecule has 0 spiro atoms. The van der Waals surface area contributed by atoms with Crippen molar-refractivity contribution in [2.24, 2.45) is 11.5 Å². The molecule has 6 atom stereocenters. The number of nitrogens with two attached hydrogens (primary N) is 2. The Morgan fingerprint density at radius 1 is 0.837 bits per heavy atom. The number of aromatic hydroxyl groups is 1. The number of carbonyl (C=O) groups is 5. The molecule has 3 aromatic rings. The molecule has 2 aromatic carbocycles. The number of amides is 4. The van der Waals surface area contributed by atoms with Crippen molar-refractivity contribution in [2.75, 3.05) is 12.3 Å². The van der Waals surface area contributed by atoms with Crippen LogP contribution in [0.25, 0.3) is 10.9 Å². The van der Waals surface area contributed by atoms with Gasteiger partial charge in [-0.2, -0.15) is 12.6 Å². The summed E-state index contributed by atoms with van der Waals surface area (Å²) in [5, 5.41) is 40.2. The van der Waals surface area contributed by atoms with Gasteiger partial charge in [0.1, 0.15) is 23.9 Å². The lowest BCUT2D eigenvalue weighted by Gasteiger charge is -2.27. The highest BCUT2D eigenvalue weighted by molar-refractivity contribution is 7.80. The number of fused-ring (bicyclic) bond motifs is 1. The van der Waals surface area contributed by atoms with Crippen molar-refractivity contribution in [3.63, 3.8) is 0 Å². The van der Waals surface area contributed by atoms with Gasteiger partial charge >= 0.3 is 5.97 Å². The first-order valence-electron chi connectivity index (χ1n) is 15.9. The number of aromatic nitrogens is 1. The molecule has 1 aromatic heterocycles. The van der Waals surface area contributed by atoms with E-state index in [2.05, 4.69) is 38.9 Å². The number of phenolic OH excluding ortho intramolecular Hbond substituents is 1. The number of hydrogen-bond acceptors (Lipinski definition) is 10. The third-order valence-electron chi connectivity index (χ3n) is 7.90. The molecule has 0 saturated carbocycles. The van der Waals surface area contributed by atoms with E-state index in [4.69, 9.17) is 11.5 Å². The lowest BCUT2D eigenvalue weighted by Crippen LogP contribution is -2.60. The second-order valence-corrected chi connectivity index (χ2v) is 12.1. The van der Waals surface area contributed by atoms with Crippen LogP contribution in [0.1, 0.15) is 37.3 Å². The molecule has 0 radical (unpaired) electrons. The summed E-state index contributed by atoms with van der Waals surface area (Å²) in [6, 6.07) is 7.01. The zero-order chi connectivity index (χ0) is 36.1. The van der Waals surface area contributed by atoms with E-state index in [1.807, 2.05) is 24.3 Å². The summed E-state index contributed by atoms with van der Waals surface area (Å²) in [5.74, 6) is -4.40. The number of rotatable bonds is 19. The van der Waals surface area contributed by atoms with Crippen LogP contribution >= 0.6 is 12.6 Å². The minimum absolute atomic E-state index is 0.00882. The van der Waals surface area contributed by atoms with E-state index in [1.54, 1.807) is 18.3 Å². The number of aliphatic hydroxyl groups is 1. The fourth-order valence-corrected chi connectivity index (χ4v) is 5.28. The Balaban J connectivity index is 1.95. The minimum atomic E-state index is -1.63. The van der Waals surface area contributed by atoms with Crippen LogP contribution in [-0.4, -0.2) is 98.5 Å². The third kappa shape index (κ3) is 11.5. The summed E-state index contributed by atoms with van der Waals surface area (Å²) < 4.78 is 0. The van der Waals surface area contributed by atoms with Crippen LogP contribution < -0.4 is 32.7 Å². The number of benzene rings is 2. The van der Waals surface area contributed by atoms with Crippen LogP contribution in [0, 0.1) is 0 Å². The van der Waals surface area contributed by atoms with Crippen molar-refractivity contribution in [1.29, 1.82) is 0 Å². The maximum absolute atomic E-state index is 14.0. The number of para-hydroxylation sites is 1. The highest BCUT2D eigenvalue weighted by Crippen LogP contribution is 2.20. The van der Waals surface area contributed by atoms with Crippen molar-refractivity contribution in [1.82, 2.24) is 26.3 Å². The lowest BCUT2D eigenvalue weighted by atomic mass is 10.0. The summed E-state index contributed by atoms with van der Waals surface area (Å²) in [4.78, 5) is 68.7. The van der Waals surface area contributed by atoms with Gasteiger partial charge in [-0.25, -0.2) is 4.79 Å². The van der Waals surface area contributed by atoms with Crippen LogP contribution in [0.2, 0.25) is 0 Å². The van der Waals surface area contributed by atoms with E-state index in [1.165, 1.54) is 19.1 Å². The van der Waals surface area contributed by atoms with Gasteiger partial charge in [-0.3, -0.25) is 19.2 Å². The van der Waals surface area contributed by atoms with Gasteiger partial charge in [0.2, 0.25) is 23.6 Å². The number of unbranched alkanes of at least 4 members (excludes halogenated alkanes) is 1. The largest absolute Gasteiger partial charge is 0.508 e. The molecule has 0 unspecified atom stereocenters. The molecule has 15 nitrogen and oxygen atoms in total. The van der Waals surface area contributed by atoms with Gasteiger partial charge < -0.3 is 53.0 Å². The average molecular weight is 700 g/mol. The normalized spacial score (nSPS) is 14.9. The molecule has 0 aliphatic heterocycles. The molecule has 1 heterocycles. The summed E-state index contributed by atoms with van der Waals surface area (Å²) in [6.45, 7) is 1.53. The van der Waals surface area contributed by atoms with Gasteiger partial charge in [0.25, 0.3) is 0 Å². The molecular weight excluding hydrogens is 654 g/mol. The number of H-pyrrole nitrogens is 1. The molecule has 0 aliphatic carbocycles. The molecule has 0 bridgehead atoms. The van der Waals surface area contributed by atoms with Crippen molar-refractivity contribution in [3.8, 4) is 5.75 Å². The predicted molar refractivity (Wildman–Crippen MR) is 186 cm³/mol. The monoisotopic (exact) mass is 699 g/mol. The first-order valence-corrected chi connectivity index (χ1v) is 16.5. The Morgan fingerprint density at radius 3 is 2.04 bits per heavy atom. The van der Waals surface area contributed by atoms with Crippen LogP contribution in [0.3, 0.4) is 0 Å². The third-order valence-corrected chi connectivity index (χ3v) is 8.29. The molecule has 16 heteroatoms. The van der Waals surface area contributed by atoms with Gasteiger partial charge in [0.15, 0.2) is 6.04 Å². The van der Waals surface area contributed by atoms with E-state index in [0.717, 1.165) is 10.9 Å². The number of nitrogens with one attached hydrogen (secondary N) is 5. The van der Waals surface area contributed by atoms with E-state index < -0.39 is 65.9 Å². The van der Waals surface area contributed by atoms with Gasteiger partial charge in [-0.05, 0) is 62.1 Å². The molecule has 3 rings (SSSR count). The van der Waals surface area contributed by atoms with Gasteiger partial charge in [-0.1, -0.05) is 30.3 Å². The fraction of sp³-hybridized carbons (Fsp3) is 0.424. The topological polar surface area (TPSA) is 262 Å². The summed E-state index contributed by atoms with van der Waals surface area (Å²) in [7, 11) is 0.